The Morgan fingerprint density at radius 1 is 1.29 bits per heavy atom. The van der Waals surface area contributed by atoms with Gasteiger partial charge in [-0.05, 0) is 50.2 Å². The van der Waals surface area contributed by atoms with Crippen LogP contribution in [0.5, 0.6) is 5.75 Å². The monoisotopic (exact) mass is 253 g/mol. The summed E-state index contributed by atoms with van der Waals surface area (Å²) in [5.74, 6) is 0.819. The normalized spacial score (nSPS) is 9.94. The Hall–Kier alpha value is -1.33. The van der Waals surface area contributed by atoms with Crippen LogP contribution in [-0.2, 0) is 0 Å². The van der Waals surface area contributed by atoms with E-state index in [9.17, 15) is 0 Å². The van der Waals surface area contributed by atoms with E-state index in [4.69, 9.17) is 28.4 Å². The molecule has 0 aromatic heterocycles. The van der Waals surface area contributed by atoms with Gasteiger partial charge in [0.2, 0.25) is 0 Å². The molecule has 0 amide bonds. The Kier molecular flexibility index (Phi) is 6.35. The number of rotatable bonds is 7. The van der Waals surface area contributed by atoms with E-state index in [2.05, 4.69) is 5.32 Å². The Morgan fingerprint density at radius 2 is 2.12 bits per heavy atom. The summed E-state index contributed by atoms with van der Waals surface area (Å²) >= 11 is 4.77. The third-order valence-electron chi connectivity index (χ3n) is 2.22. The summed E-state index contributed by atoms with van der Waals surface area (Å²) in [6.45, 7) is 1.45. The molecule has 0 spiro atoms. The fourth-order valence-electron chi connectivity index (χ4n) is 1.42. The lowest BCUT2D eigenvalue weighted by Crippen LogP contribution is -2.18. The molecule has 1 rings (SSSR count). The molecule has 0 fully saturated rings. The first-order valence-corrected chi connectivity index (χ1v) is 6.12. The van der Waals surface area contributed by atoms with Gasteiger partial charge in [-0.3, -0.25) is 0 Å². The molecule has 17 heavy (non-hydrogen) atoms. The maximum Gasteiger partial charge on any atom is 0.168 e. The van der Waals surface area contributed by atoms with Gasteiger partial charge in [-0.2, -0.15) is 0 Å². The standard InChI is InChI=1S/C12H19N3OS/c13-7-2-1-3-8-16-11-6-4-5-10(9-11)15-12(14)17/h4-6,9H,1-3,7-8,13H2,(H3,14,15,17). The second-order valence-electron chi connectivity index (χ2n) is 3.71. The van der Waals surface area contributed by atoms with Gasteiger partial charge in [-0.1, -0.05) is 6.07 Å². The topological polar surface area (TPSA) is 73.3 Å². The van der Waals surface area contributed by atoms with E-state index < -0.39 is 0 Å². The second-order valence-corrected chi connectivity index (χ2v) is 4.15. The van der Waals surface area contributed by atoms with Gasteiger partial charge < -0.3 is 21.5 Å². The first-order valence-electron chi connectivity index (χ1n) is 5.72. The zero-order valence-corrected chi connectivity index (χ0v) is 10.6. The van der Waals surface area contributed by atoms with Crippen LogP contribution in [0.15, 0.2) is 24.3 Å². The molecule has 0 radical (unpaired) electrons. The summed E-state index contributed by atoms with van der Waals surface area (Å²) in [6, 6.07) is 7.58. The maximum absolute atomic E-state index is 5.61. The molecule has 1 aromatic rings. The molecule has 5 N–H and O–H groups in total. The van der Waals surface area contributed by atoms with Gasteiger partial charge >= 0.3 is 0 Å². The quantitative estimate of drug-likeness (QED) is 0.511. The predicted octanol–water partition coefficient (Wildman–Crippen LogP) is 1.85. The largest absolute Gasteiger partial charge is 0.494 e. The van der Waals surface area contributed by atoms with Crippen molar-refractivity contribution in [2.75, 3.05) is 18.5 Å². The number of unbranched alkanes of at least 4 members (excludes halogenated alkanes) is 2. The van der Waals surface area contributed by atoms with Crippen molar-refractivity contribution in [3.05, 3.63) is 24.3 Å². The van der Waals surface area contributed by atoms with E-state index in [0.717, 1.165) is 37.2 Å². The van der Waals surface area contributed by atoms with Crippen LogP contribution in [-0.4, -0.2) is 18.3 Å². The predicted molar refractivity (Wildman–Crippen MR) is 75.3 cm³/mol. The highest BCUT2D eigenvalue weighted by atomic mass is 32.1. The van der Waals surface area contributed by atoms with Gasteiger partial charge in [0.25, 0.3) is 0 Å². The fourth-order valence-corrected chi connectivity index (χ4v) is 1.54. The van der Waals surface area contributed by atoms with Crippen molar-refractivity contribution in [1.29, 1.82) is 0 Å². The van der Waals surface area contributed by atoms with E-state index in [1.165, 1.54) is 0 Å². The van der Waals surface area contributed by atoms with E-state index >= 15 is 0 Å². The molecule has 5 heteroatoms. The molecule has 0 atom stereocenters. The van der Waals surface area contributed by atoms with Gasteiger partial charge in [-0.15, -0.1) is 0 Å². The average molecular weight is 253 g/mol. The molecule has 0 aliphatic carbocycles. The number of benzene rings is 1. The minimum atomic E-state index is 0.255. The molecule has 0 heterocycles. The lowest BCUT2D eigenvalue weighted by atomic mass is 10.2. The van der Waals surface area contributed by atoms with E-state index in [1.807, 2.05) is 24.3 Å². The zero-order chi connectivity index (χ0) is 12.5. The van der Waals surface area contributed by atoms with Crippen molar-refractivity contribution in [2.45, 2.75) is 19.3 Å². The third-order valence-corrected chi connectivity index (χ3v) is 2.32. The molecule has 0 aliphatic rings. The molecule has 0 saturated heterocycles. The Labute approximate surface area is 107 Å². The lowest BCUT2D eigenvalue weighted by Gasteiger charge is -2.08. The Bertz CT molecular complexity index is 357. The summed E-state index contributed by atoms with van der Waals surface area (Å²) in [4.78, 5) is 0. The number of hydrogen-bond acceptors (Lipinski definition) is 3. The molecule has 94 valence electrons. The van der Waals surface area contributed by atoms with Crippen LogP contribution in [0.2, 0.25) is 0 Å². The van der Waals surface area contributed by atoms with Crippen LogP contribution in [0.1, 0.15) is 19.3 Å². The van der Waals surface area contributed by atoms with E-state index in [0.29, 0.717) is 6.61 Å². The first kappa shape index (κ1) is 13.7. The Balaban J connectivity index is 2.35. The van der Waals surface area contributed by atoms with Crippen LogP contribution >= 0.6 is 12.2 Å². The van der Waals surface area contributed by atoms with Gasteiger partial charge in [-0.25, -0.2) is 0 Å². The molecule has 4 nitrogen and oxygen atoms in total. The van der Waals surface area contributed by atoms with Crippen molar-refractivity contribution in [3.63, 3.8) is 0 Å². The number of nitrogens with two attached hydrogens (primary N) is 2. The van der Waals surface area contributed by atoms with E-state index in [1.54, 1.807) is 0 Å². The zero-order valence-electron chi connectivity index (χ0n) is 9.82. The minimum absolute atomic E-state index is 0.255. The van der Waals surface area contributed by atoms with Gasteiger partial charge in [0, 0.05) is 11.8 Å². The highest BCUT2D eigenvalue weighted by Crippen LogP contribution is 2.17. The number of hydrogen-bond donors (Lipinski definition) is 3. The van der Waals surface area contributed by atoms with Gasteiger partial charge in [0.05, 0.1) is 6.61 Å². The fraction of sp³-hybridized carbons (Fsp3) is 0.417. The number of ether oxygens (including phenoxy) is 1. The SMILES string of the molecule is NCCCCCOc1cccc(NC(N)=S)c1. The number of nitrogens with one attached hydrogen (secondary N) is 1. The molecule has 0 saturated carbocycles. The highest BCUT2D eigenvalue weighted by Gasteiger charge is 1.97. The molecule has 0 unspecified atom stereocenters. The third kappa shape index (κ3) is 6.09. The number of anilines is 1. The van der Waals surface area contributed by atoms with Crippen LogP contribution in [0.4, 0.5) is 5.69 Å². The summed E-state index contributed by atoms with van der Waals surface area (Å²) in [6.07, 6.45) is 3.16. The maximum atomic E-state index is 5.61. The van der Waals surface area contributed by atoms with Crippen molar-refractivity contribution in [2.24, 2.45) is 11.5 Å². The second kappa shape index (κ2) is 7.86. The first-order chi connectivity index (χ1) is 8.22. The average Bonchev–Trinajstić information content (AvgIpc) is 2.28. The lowest BCUT2D eigenvalue weighted by molar-refractivity contribution is 0.306. The van der Waals surface area contributed by atoms with Gasteiger partial charge in [0.15, 0.2) is 5.11 Å². The molecular weight excluding hydrogens is 234 g/mol. The summed E-state index contributed by atoms with van der Waals surface area (Å²) in [5, 5.41) is 3.12. The molecule has 0 aliphatic heterocycles. The van der Waals surface area contributed by atoms with Crippen LogP contribution in [0, 0.1) is 0 Å². The highest BCUT2D eigenvalue weighted by molar-refractivity contribution is 7.80. The Morgan fingerprint density at radius 3 is 2.82 bits per heavy atom. The summed E-state index contributed by atoms with van der Waals surface area (Å²) < 4.78 is 5.61. The molecular formula is C12H19N3OS. The minimum Gasteiger partial charge on any atom is -0.494 e. The summed E-state index contributed by atoms with van der Waals surface area (Å²) in [7, 11) is 0. The molecule has 0 bridgehead atoms. The smallest absolute Gasteiger partial charge is 0.168 e. The summed E-state index contributed by atoms with van der Waals surface area (Å²) in [5.41, 5.74) is 11.7. The van der Waals surface area contributed by atoms with Crippen molar-refractivity contribution in [3.8, 4) is 5.75 Å². The van der Waals surface area contributed by atoms with Gasteiger partial charge in [0.1, 0.15) is 5.75 Å². The van der Waals surface area contributed by atoms with Crippen LogP contribution < -0.4 is 21.5 Å². The van der Waals surface area contributed by atoms with Crippen molar-refractivity contribution >= 4 is 23.0 Å². The van der Waals surface area contributed by atoms with Crippen LogP contribution in [0.3, 0.4) is 0 Å². The number of thiocarbonyl (C=S) groups is 1. The van der Waals surface area contributed by atoms with Crippen LogP contribution in [0.25, 0.3) is 0 Å². The molecule has 1 aromatic carbocycles. The van der Waals surface area contributed by atoms with Crippen molar-refractivity contribution < 1.29 is 4.74 Å². The van der Waals surface area contributed by atoms with Crippen molar-refractivity contribution in [1.82, 2.24) is 0 Å². The van der Waals surface area contributed by atoms with E-state index in [-0.39, 0.29) is 5.11 Å².